The van der Waals surface area contributed by atoms with E-state index < -0.39 is 0 Å². The van der Waals surface area contributed by atoms with E-state index in [1.165, 1.54) is 25.7 Å². The average molecular weight is 336 g/mol. The Kier molecular flexibility index (Phi) is 4.07. The molecule has 5 nitrogen and oxygen atoms in total. The molecule has 1 fully saturated rings. The maximum Gasteiger partial charge on any atom is 0.253 e. The first-order chi connectivity index (χ1) is 12.1. The van der Waals surface area contributed by atoms with E-state index in [0.29, 0.717) is 11.6 Å². The summed E-state index contributed by atoms with van der Waals surface area (Å²) in [5.74, 6) is -0.0307. The third-order valence-electron chi connectivity index (χ3n) is 4.94. The zero-order valence-electron chi connectivity index (χ0n) is 14.8. The summed E-state index contributed by atoms with van der Waals surface area (Å²) in [4.78, 5) is 12.6. The molecule has 1 saturated carbocycles. The number of nitrogens with zero attached hydrogens (tertiary/aromatic N) is 3. The van der Waals surface area contributed by atoms with Crippen LogP contribution in [0.1, 0.15) is 55.9 Å². The topological polar surface area (TPSA) is 51.3 Å². The highest BCUT2D eigenvalue weighted by atomic mass is 16.1. The van der Waals surface area contributed by atoms with Crippen LogP contribution >= 0.6 is 0 Å². The third kappa shape index (κ3) is 2.84. The van der Waals surface area contributed by atoms with E-state index in [0.717, 1.165) is 16.9 Å². The van der Waals surface area contributed by atoms with E-state index in [1.54, 1.807) is 0 Å². The minimum atomic E-state index is -0.0307. The van der Waals surface area contributed by atoms with Crippen molar-refractivity contribution in [3.8, 4) is 11.4 Å². The number of carbonyl (C=O) groups is 1. The predicted molar refractivity (Wildman–Crippen MR) is 98.7 cm³/mol. The van der Waals surface area contributed by atoms with E-state index in [-0.39, 0.29) is 11.9 Å². The van der Waals surface area contributed by atoms with Crippen molar-refractivity contribution in [1.82, 2.24) is 19.5 Å². The minimum absolute atomic E-state index is 0.0307. The van der Waals surface area contributed by atoms with Crippen LogP contribution in [0.5, 0.6) is 0 Å². The lowest BCUT2D eigenvalue weighted by atomic mass is 10.2. The molecule has 1 N–H and O–H groups in total. The molecule has 130 valence electrons. The van der Waals surface area contributed by atoms with Gasteiger partial charge in [-0.3, -0.25) is 9.48 Å². The second-order valence-electron chi connectivity index (χ2n) is 7.13. The quantitative estimate of drug-likeness (QED) is 0.781. The summed E-state index contributed by atoms with van der Waals surface area (Å²) >= 11 is 0. The molecule has 0 unspecified atom stereocenters. The summed E-state index contributed by atoms with van der Waals surface area (Å²) in [5, 5.41) is 7.59. The standard InChI is InChI=1S/C20H24N4O/c1-14(2)22-20(25)16-13-19(23-12-6-5-9-17(16)23)18-10-11-21-24(18)15-7-3-4-8-15/h5-6,9-15H,3-4,7-8H2,1-2H3,(H,22,25). The molecular weight excluding hydrogens is 312 g/mol. The van der Waals surface area contributed by atoms with Crippen molar-refractivity contribution < 1.29 is 4.79 Å². The van der Waals surface area contributed by atoms with Crippen LogP contribution in [0.4, 0.5) is 0 Å². The Balaban J connectivity index is 1.83. The van der Waals surface area contributed by atoms with Crippen LogP contribution < -0.4 is 5.32 Å². The summed E-state index contributed by atoms with van der Waals surface area (Å²) < 4.78 is 4.24. The Morgan fingerprint density at radius 1 is 1.20 bits per heavy atom. The van der Waals surface area contributed by atoms with Gasteiger partial charge in [0, 0.05) is 18.4 Å². The van der Waals surface area contributed by atoms with Gasteiger partial charge in [-0.2, -0.15) is 5.10 Å². The Morgan fingerprint density at radius 3 is 2.76 bits per heavy atom. The van der Waals surface area contributed by atoms with Gasteiger partial charge in [-0.1, -0.05) is 18.9 Å². The first kappa shape index (κ1) is 15.9. The fraction of sp³-hybridized carbons (Fsp3) is 0.400. The number of rotatable bonds is 4. The SMILES string of the molecule is CC(C)NC(=O)c1cc(-c2ccnn2C2CCCC2)n2ccccc12. The van der Waals surface area contributed by atoms with Crippen LogP contribution in [0.2, 0.25) is 0 Å². The van der Waals surface area contributed by atoms with E-state index in [9.17, 15) is 4.79 Å². The van der Waals surface area contributed by atoms with Crippen molar-refractivity contribution >= 4 is 11.4 Å². The number of hydrogen-bond acceptors (Lipinski definition) is 2. The van der Waals surface area contributed by atoms with Crippen molar-refractivity contribution in [3.63, 3.8) is 0 Å². The van der Waals surface area contributed by atoms with Gasteiger partial charge in [0.25, 0.3) is 5.91 Å². The average Bonchev–Trinajstić information content (AvgIpc) is 3.32. The van der Waals surface area contributed by atoms with Crippen LogP contribution in [0.25, 0.3) is 16.9 Å². The molecule has 4 rings (SSSR count). The molecule has 1 aliphatic carbocycles. The van der Waals surface area contributed by atoms with E-state index in [1.807, 2.05) is 50.5 Å². The van der Waals surface area contributed by atoms with Crippen molar-refractivity contribution in [2.45, 2.75) is 51.6 Å². The molecule has 0 saturated heterocycles. The predicted octanol–water partition coefficient (Wildman–Crippen LogP) is 4.06. The molecule has 3 aromatic heterocycles. The number of nitrogens with one attached hydrogen (secondary N) is 1. The molecule has 25 heavy (non-hydrogen) atoms. The van der Waals surface area contributed by atoms with Crippen LogP contribution in [0, 0.1) is 0 Å². The molecule has 3 aromatic rings. The smallest absolute Gasteiger partial charge is 0.253 e. The van der Waals surface area contributed by atoms with Crippen LogP contribution in [0.3, 0.4) is 0 Å². The van der Waals surface area contributed by atoms with E-state index in [2.05, 4.69) is 25.6 Å². The number of fused-ring (bicyclic) bond motifs is 1. The highest BCUT2D eigenvalue weighted by molar-refractivity contribution is 6.02. The molecule has 0 bridgehead atoms. The second kappa shape index (κ2) is 6.39. The van der Waals surface area contributed by atoms with Gasteiger partial charge >= 0.3 is 0 Å². The Labute approximate surface area is 147 Å². The summed E-state index contributed by atoms with van der Waals surface area (Å²) in [7, 11) is 0. The van der Waals surface area contributed by atoms with E-state index >= 15 is 0 Å². The second-order valence-corrected chi connectivity index (χ2v) is 7.13. The largest absolute Gasteiger partial charge is 0.350 e. The monoisotopic (exact) mass is 336 g/mol. The first-order valence-electron chi connectivity index (χ1n) is 9.10. The summed E-state index contributed by atoms with van der Waals surface area (Å²) in [6.07, 6.45) is 8.77. The molecule has 1 aliphatic rings. The molecule has 0 aromatic carbocycles. The molecule has 0 atom stereocenters. The third-order valence-corrected chi connectivity index (χ3v) is 4.94. The van der Waals surface area contributed by atoms with Gasteiger partial charge in [0.1, 0.15) is 0 Å². The zero-order chi connectivity index (χ0) is 17.4. The number of carbonyl (C=O) groups excluding carboxylic acids is 1. The van der Waals surface area contributed by atoms with Crippen molar-refractivity contribution in [3.05, 3.63) is 48.3 Å². The highest BCUT2D eigenvalue weighted by Gasteiger charge is 2.23. The van der Waals surface area contributed by atoms with Crippen LogP contribution in [-0.2, 0) is 0 Å². The minimum Gasteiger partial charge on any atom is -0.350 e. The van der Waals surface area contributed by atoms with Crippen molar-refractivity contribution in [1.29, 1.82) is 0 Å². The number of pyridine rings is 1. The van der Waals surface area contributed by atoms with Gasteiger partial charge in [-0.15, -0.1) is 0 Å². The van der Waals surface area contributed by atoms with Gasteiger partial charge in [-0.05, 0) is 51.0 Å². The van der Waals surface area contributed by atoms with Crippen molar-refractivity contribution in [2.24, 2.45) is 0 Å². The molecule has 0 spiro atoms. The molecule has 3 heterocycles. The van der Waals surface area contributed by atoms with Crippen LogP contribution in [-0.4, -0.2) is 26.1 Å². The van der Waals surface area contributed by atoms with Gasteiger partial charge < -0.3 is 9.72 Å². The maximum atomic E-state index is 12.6. The Bertz CT molecular complexity index is 899. The Morgan fingerprint density at radius 2 is 2.00 bits per heavy atom. The van der Waals surface area contributed by atoms with Gasteiger partial charge in [-0.25, -0.2) is 0 Å². The van der Waals surface area contributed by atoms with Crippen molar-refractivity contribution in [2.75, 3.05) is 0 Å². The maximum absolute atomic E-state index is 12.6. The van der Waals surface area contributed by atoms with Crippen LogP contribution in [0.15, 0.2) is 42.7 Å². The molecule has 0 aliphatic heterocycles. The molecule has 5 heteroatoms. The highest BCUT2D eigenvalue weighted by Crippen LogP contribution is 2.34. The molecule has 0 radical (unpaired) electrons. The number of hydrogen-bond donors (Lipinski definition) is 1. The lowest BCUT2D eigenvalue weighted by Gasteiger charge is -2.14. The summed E-state index contributed by atoms with van der Waals surface area (Å²) in [5.41, 5.74) is 3.74. The number of aromatic nitrogens is 3. The normalized spacial score (nSPS) is 15.3. The lowest BCUT2D eigenvalue weighted by Crippen LogP contribution is -2.29. The zero-order valence-corrected chi connectivity index (χ0v) is 14.8. The van der Waals surface area contributed by atoms with Gasteiger partial charge in [0.2, 0.25) is 0 Å². The number of amides is 1. The lowest BCUT2D eigenvalue weighted by molar-refractivity contribution is 0.0945. The fourth-order valence-electron chi connectivity index (χ4n) is 3.83. The molecular formula is C20H24N4O. The summed E-state index contributed by atoms with van der Waals surface area (Å²) in [6, 6.07) is 10.6. The fourth-order valence-corrected chi connectivity index (χ4v) is 3.83. The van der Waals surface area contributed by atoms with Gasteiger partial charge in [0.05, 0.1) is 28.5 Å². The van der Waals surface area contributed by atoms with Gasteiger partial charge in [0.15, 0.2) is 0 Å². The van der Waals surface area contributed by atoms with E-state index in [4.69, 9.17) is 0 Å². The summed E-state index contributed by atoms with van der Waals surface area (Å²) in [6.45, 7) is 3.96. The Hall–Kier alpha value is -2.56. The molecule has 1 amide bonds. The first-order valence-corrected chi connectivity index (χ1v) is 9.10.